The van der Waals surface area contributed by atoms with Crippen molar-refractivity contribution in [1.82, 2.24) is 19.9 Å². The van der Waals surface area contributed by atoms with Gasteiger partial charge in [0.05, 0.1) is 10.0 Å². The van der Waals surface area contributed by atoms with Crippen molar-refractivity contribution >= 4 is 44.9 Å². The normalized spacial score (nSPS) is 9.33. The number of halogens is 3. The molecule has 18 heavy (non-hydrogen) atoms. The van der Waals surface area contributed by atoms with Crippen molar-refractivity contribution in [2.45, 2.75) is 6.92 Å². The molecule has 0 fully saturated rings. The number of aromatic nitrogens is 4. The molecule has 5 nitrogen and oxygen atoms in total. The number of Topliss-reactive ketones (excluding diaryl/α,β-unsaturated/α-hetero) is 1. The van der Waals surface area contributed by atoms with E-state index in [0.717, 1.165) is 4.47 Å². The first-order chi connectivity index (χ1) is 8.49. The van der Waals surface area contributed by atoms with Crippen LogP contribution in [-0.2, 0) is 0 Å². The van der Waals surface area contributed by atoms with E-state index < -0.39 is 0 Å². The fourth-order valence-electron chi connectivity index (χ4n) is 0.791. The second-order valence-electron chi connectivity index (χ2n) is 2.97. The topological polar surface area (TPSA) is 68.6 Å². The summed E-state index contributed by atoms with van der Waals surface area (Å²) in [6.45, 7) is 1.45. The number of nitrogens with zero attached hydrogens (tertiary/aromatic N) is 4. The van der Waals surface area contributed by atoms with Gasteiger partial charge in [-0.2, -0.15) is 0 Å². The molecule has 0 aromatic carbocycles. The Kier molecular flexibility index (Phi) is 6.11. The van der Waals surface area contributed by atoms with Gasteiger partial charge in [-0.25, -0.2) is 19.9 Å². The summed E-state index contributed by atoms with van der Waals surface area (Å²) in [5.74, 6) is -0.0586. The fraction of sp³-hybridized carbons (Fsp3) is 0.100. The molecule has 0 unspecified atom stereocenters. The first kappa shape index (κ1) is 14.9. The molecule has 0 atom stereocenters. The van der Waals surface area contributed by atoms with Gasteiger partial charge in [-0.1, -0.05) is 0 Å². The molecular weight excluding hydrogens is 343 g/mol. The summed E-state index contributed by atoms with van der Waals surface area (Å²) >= 11 is 13.9. The third-order valence-electron chi connectivity index (χ3n) is 1.62. The molecule has 94 valence electrons. The molecule has 0 amide bonds. The summed E-state index contributed by atoms with van der Waals surface area (Å²) < 4.78 is 0.835. The van der Waals surface area contributed by atoms with E-state index in [1.54, 1.807) is 12.4 Å². The van der Waals surface area contributed by atoms with Crippen molar-refractivity contribution < 1.29 is 4.79 Å². The van der Waals surface area contributed by atoms with Gasteiger partial charge in [0.2, 0.25) is 10.6 Å². The third-order valence-corrected chi connectivity index (χ3v) is 2.42. The van der Waals surface area contributed by atoms with E-state index in [1.165, 1.54) is 19.3 Å². The lowest BCUT2D eigenvalue weighted by molar-refractivity contribution is 0.101. The van der Waals surface area contributed by atoms with Gasteiger partial charge in [-0.3, -0.25) is 4.79 Å². The predicted octanol–water partition coefficient (Wildman–Crippen LogP) is 3.23. The van der Waals surface area contributed by atoms with Crippen molar-refractivity contribution in [2.24, 2.45) is 0 Å². The zero-order chi connectivity index (χ0) is 13.5. The molecule has 2 aromatic rings. The summed E-state index contributed by atoms with van der Waals surface area (Å²) in [6, 6.07) is 0. The summed E-state index contributed by atoms with van der Waals surface area (Å²) in [5, 5.41) is 0.429. The molecule has 0 aliphatic carbocycles. The number of ketones is 1. The van der Waals surface area contributed by atoms with E-state index in [0.29, 0.717) is 5.56 Å². The molecule has 0 bridgehead atoms. The second kappa shape index (κ2) is 7.35. The van der Waals surface area contributed by atoms with Crippen LogP contribution in [0.3, 0.4) is 0 Å². The van der Waals surface area contributed by atoms with Gasteiger partial charge in [0.15, 0.2) is 5.78 Å². The number of hydrogen-bond acceptors (Lipinski definition) is 5. The summed E-state index contributed by atoms with van der Waals surface area (Å²) in [7, 11) is 0. The van der Waals surface area contributed by atoms with Crippen LogP contribution in [0.4, 0.5) is 0 Å². The summed E-state index contributed by atoms with van der Waals surface area (Å²) in [6.07, 6.45) is 5.99. The van der Waals surface area contributed by atoms with Crippen LogP contribution in [0.15, 0.2) is 29.3 Å². The minimum atomic E-state index is -0.0586. The van der Waals surface area contributed by atoms with Gasteiger partial charge in [-0.15, -0.1) is 0 Å². The minimum Gasteiger partial charge on any atom is -0.294 e. The third kappa shape index (κ3) is 5.48. The van der Waals surface area contributed by atoms with E-state index in [-0.39, 0.29) is 16.4 Å². The van der Waals surface area contributed by atoms with Gasteiger partial charge < -0.3 is 0 Å². The second-order valence-corrected chi connectivity index (χ2v) is 4.56. The molecule has 0 saturated heterocycles. The van der Waals surface area contributed by atoms with Crippen molar-refractivity contribution in [3.05, 3.63) is 45.4 Å². The molecule has 8 heteroatoms. The number of carbonyl (C=O) groups excluding carboxylic acids is 1. The predicted molar refractivity (Wildman–Crippen MR) is 71.8 cm³/mol. The Hall–Kier alpha value is -1.11. The maximum absolute atomic E-state index is 10.6. The van der Waals surface area contributed by atoms with Gasteiger partial charge in [0.25, 0.3) is 0 Å². The van der Waals surface area contributed by atoms with E-state index in [4.69, 9.17) is 23.2 Å². The fourth-order valence-corrected chi connectivity index (χ4v) is 1.19. The Morgan fingerprint density at radius 3 is 1.72 bits per heavy atom. The SMILES string of the molecule is CC(=O)c1cnc(Cl)nc1.Clc1ncc(Br)cn1. The van der Waals surface area contributed by atoms with Gasteiger partial charge in [0, 0.05) is 24.8 Å². The van der Waals surface area contributed by atoms with Crippen molar-refractivity contribution in [2.75, 3.05) is 0 Å². The number of rotatable bonds is 1. The average Bonchev–Trinajstić information content (AvgIpc) is 2.34. The maximum Gasteiger partial charge on any atom is 0.222 e. The molecule has 0 spiro atoms. The van der Waals surface area contributed by atoms with Crippen LogP contribution < -0.4 is 0 Å². The standard InChI is InChI=1S/C6H5ClN2O.C4H2BrClN2/c1-4(10)5-2-8-6(7)9-3-5;5-3-1-7-4(6)8-2-3/h2-3H,1H3;1-2H. The highest BCUT2D eigenvalue weighted by molar-refractivity contribution is 9.10. The molecule has 0 radical (unpaired) electrons. The maximum atomic E-state index is 10.6. The lowest BCUT2D eigenvalue weighted by Gasteiger charge is -1.91. The number of carbonyl (C=O) groups is 1. The van der Waals surface area contributed by atoms with Crippen molar-refractivity contribution in [3.8, 4) is 0 Å². The van der Waals surface area contributed by atoms with E-state index >= 15 is 0 Å². The largest absolute Gasteiger partial charge is 0.294 e. The highest BCUT2D eigenvalue weighted by Crippen LogP contribution is 2.06. The van der Waals surface area contributed by atoms with Crippen LogP contribution in [0.2, 0.25) is 10.6 Å². The molecule has 0 aliphatic rings. The summed E-state index contributed by atoms with van der Waals surface area (Å²) in [4.78, 5) is 25.3. The van der Waals surface area contributed by atoms with E-state index in [2.05, 4.69) is 35.9 Å². The van der Waals surface area contributed by atoms with Gasteiger partial charge in [0.1, 0.15) is 0 Å². The molecule has 2 rings (SSSR count). The smallest absolute Gasteiger partial charge is 0.222 e. The molecule has 0 N–H and O–H groups in total. The van der Waals surface area contributed by atoms with E-state index in [1.807, 2.05) is 0 Å². The Labute approximate surface area is 122 Å². The van der Waals surface area contributed by atoms with E-state index in [9.17, 15) is 4.79 Å². The lowest BCUT2D eigenvalue weighted by Crippen LogP contribution is -1.94. The number of hydrogen-bond donors (Lipinski definition) is 0. The zero-order valence-corrected chi connectivity index (χ0v) is 12.2. The molecule has 0 aliphatic heterocycles. The Morgan fingerprint density at radius 2 is 1.39 bits per heavy atom. The van der Waals surface area contributed by atoms with Crippen LogP contribution in [-0.4, -0.2) is 25.7 Å². The average molecular weight is 350 g/mol. The Bertz CT molecular complexity index is 497. The summed E-state index contributed by atoms with van der Waals surface area (Å²) in [5.41, 5.74) is 0.476. The van der Waals surface area contributed by atoms with Crippen molar-refractivity contribution in [3.63, 3.8) is 0 Å². The van der Waals surface area contributed by atoms with Gasteiger partial charge >= 0.3 is 0 Å². The first-order valence-electron chi connectivity index (χ1n) is 4.60. The van der Waals surface area contributed by atoms with Crippen LogP contribution in [0, 0.1) is 0 Å². The van der Waals surface area contributed by atoms with Crippen LogP contribution in [0.25, 0.3) is 0 Å². The first-order valence-corrected chi connectivity index (χ1v) is 6.15. The van der Waals surface area contributed by atoms with Crippen LogP contribution in [0.1, 0.15) is 17.3 Å². The van der Waals surface area contributed by atoms with Crippen molar-refractivity contribution in [1.29, 1.82) is 0 Å². The quantitative estimate of drug-likeness (QED) is 0.584. The van der Waals surface area contributed by atoms with Crippen LogP contribution in [0.5, 0.6) is 0 Å². The highest BCUT2D eigenvalue weighted by atomic mass is 79.9. The Balaban J connectivity index is 0.000000184. The minimum absolute atomic E-state index is 0.0586. The lowest BCUT2D eigenvalue weighted by atomic mass is 10.2. The molecule has 2 heterocycles. The molecule has 2 aromatic heterocycles. The molecule has 0 saturated carbocycles. The van der Waals surface area contributed by atoms with Crippen LogP contribution >= 0.6 is 39.1 Å². The van der Waals surface area contributed by atoms with Gasteiger partial charge in [-0.05, 0) is 46.1 Å². The monoisotopic (exact) mass is 348 g/mol. The highest BCUT2D eigenvalue weighted by Gasteiger charge is 1.98. The Morgan fingerprint density at radius 1 is 1.00 bits per heavy atom. The zero-order valence-electron chi connectivity index (χ0n) is 9.14. The molecular formula is C10H7BrCl2N4O.